The van der Waals surface area contributed by atoms with Crippen LogP contribution in [0.4, 0.5) is 4.39 Å². The molecule has 3 heteroatoms. The zero-order chi connectivity index (χ0) is 13.1. The number of hydrogen-bond donors (Lipinski definition) is 1. The van der Waals surface area contributed by atoms with Crippen molar-refractivity contribution in [2.24, 2.45) is 5.92 Å². The molecule has 1 fully saturated rings. The molecule has 1 N–H and O–H groups in total. The normalized spacial score (nSPS) is 28.8. The molecule has 1 heterocycles. The SMILES string of the molecule is CC1CC(CNCc2ccccc2F)[C@@H](C)N1C. The maximum absolute atomic E-state index is 13.4. The summed E-state index contributed by atoms with van der Waals surface area (Å²) in [6.07, 6.45) is 1.22. The zero-order valence-electron chi connectivity index (χ0n) is 11.5. The van der Waals surface area contributed by atoms with Crippen molar-refractivity contribution in [2.45, 2.75) is 38.9 Å². The molecule has 0 spiro atoms. The lowest BCUT2D eigenvalue weighted by Gasteiger charge is -2.22. The molecular formula is C15H23FN2. The molecule has 0 radical (unpaired) electrons. The van der Waals surface area contributed by atoms with Gasteiger partial charge in [-0.1, -0.05) is 18.2 Å². The average molecular weight is 250 g/mol. The molecular weight excluding hydrogens is 227 g/mol. The number of halogens is 1. The fourth-order valence-electron chi connectivity index (χ4n) is 2.82. The van der Waals surface area contributed by atoms with Crippen LogP contribution in [0.2, 0.25) is 0 Å². The highest BCUT2D eigenvalue weighted by molar-refractivity contribution is 5.16. The Kier molecular flexibility index (Phi) is 4.36. The molecule has 2 nitrogen and oxygen atoms in total. The van der Waals surface area contributed by atoms with Crippen LogP contribution in [0, 0.1) is 11.7 Å². The van der Waals surface area contributed by atoms with Crippen molar-refractivity contribution < 1.29 is 4.39 Å². The van der Waals surface area contributed by atoms with E-state index in [9.17, 15) is 4.39 Å². The first-order valence-corrected chi connectivity index (χ1v) is 6.75. The summed E-state index contributed by atoms with van der Waals surface area (Å²) in [5, 5.41) is 3.39. The topological polar surface area (TPSA) is 15.3 Å². The van der Waals surface area contributed by atoms with E-state index in [1.54, 1.807) is 6.07 Å². The van der Waals surface area contributed by atoms with E-state index in [2.05, 4.69) is 31.1 Å². The van der Waals surface area contributed by atoms with Crippen molar-refractivity contribution >= 4 is 0 Å². The Morgan fingerprint density at radius 1 is 1.33 bits per heavy atom. The second-order valence-corrected chi connectivity index (χ2v) is 5.47. The van der Waals surface area contributed by atoms with E-state index >= 15 is 0 Å². The van der Waals surface area contributed by atoms with Crippen molar-refractivity contribution in [2.75, 3.05) is 13.6 Å². The predicted molar refractivity (Wildman–Crippen MR) is 72.9 cm³/mol. The fourth-order valence-corrected chi connectivity index (χ4v) is 2.82. The van der Waals surface area contributed by atoms with Gasteiger partial charge in [0, 0.05) is 24.2 Å². The highest BCUT2D eigenvalue weighted by Crippen LogP contribution is 2.27. The van der Waals surface area contributed by atoms with E-state index < -0.39 is 0 Å². The van der Waals surface area contributed by atoms with Crippen molar-refractivity contribution in [3.8, 4) is 0 Å². The van der Waals surface area contributed by atoms with Gasteiger partial charge in [-0.25, -0.2) is 4.39 Å². The van der Waals surface area contributed by atoms with Crippen LogP contribution in [0.15, 0.2) is 24.3 Å². The summed E-state index contributed by atoms with van der Waals surface area (Å²) in [5.41, 5.74) is 0.754. The first-order chi connectivity index (χ1) is 8.59. The Morgan fingerprint density at radius 3 is 2.67 bits per heavy atom. The Bertz CT molecular complexity index is 394. The lowest BCUT2D eigenvalue weighted by atomic mass is 10.0. The van der Waals surface area contributed by atoms with Crippen molar-refractivity contribution in [3.63, 3.8) is 0 Å². The minimum absolute atomic E-state index is 0.116. The summed E-state index contributed by atoms with van der Waals surface area (Å²) in [6, 6.07) is 8.23. The van der Waals surface area contributed by atoms with Gasteiger partial charge < -0.3 is 10.2 Å². The minimum atomic E-state index is -0.116. The molecule has 0 aromatic heterocycles. The number of benzene rings is 1. The third kappa shape index (κ3) is 2.90. The molecule has 3 atom stereocenters. The lowest BCUT2D eigenvalue weighted by Crippen LogP contribution is -2.33. The highest BCUT2D eigenvalue weighted by Gasteiger charge is 2.32. The number of rotatable bonds is 4. The molecule has 1 aliphatic rings. The van der Waals surface area contributed by atoms with Crippen LogP contribution >= 0.6 is 0 Å². The number of hydrogen-bond acceptors (Lipinski definition) is 2. The number of nitrogens with zero attached hydrogens (tertiary/aromatic N) is 1. The van der Waals surface area contributed by atoms with Crippen LogP contribution < -0.4 is 5.32 Å². The Hall–Kier alpha value is -0.930. The monoisotopic (exact) mass is 250 g/mol. The Labute approximate surface area is 109 Å². The van der Waals surface area contributed by atoms with E-state index in [1.807, 2.05) is 12.1 Å². The molecule has 0 bridgehead atoms. The van der Waals surface area contributed by atoms with Gasteiger partial charge in [-0.05, 0) is 45.8 Å². The van der Waals surface area contributed by atoms with Crippen LogP contribution in [0.3, 0.4) is 0 Å². The van der Waals surface area contributed by atoms with Crippen LogP contribution in [0.1, 0.15) is 25.8 Å². The van der Waals surface area contributed by atoms with E-state index in [4.69, 9.17) is 0 Å². The standard InChI is InChI=1S/C15H23FN2/c1-11-8-14(12(2)18(11)3)10-17-9-13-6-4-5-7-15(13)16/h4-7,11-12,14,17H,8-10H2,1-3H3/t11?,12-,14?/m1/s1. The molecule has 1 aliphatic heterocycles. The molecule has 2 rings (SSSR count). The summed E-state index contributed by atoms with van der Waals surface area (Å²) >= 11 is 0. The van der Waals surface area contributed by atoms with Crippen molar-refractivity contribution in [1.29, 1.82) is 0 Å². The first-order valence-electron chi connectivity index (χ1n) is 6.75. The van der Waals surface area contributed by atoms with Gasteiger partial charge in [0.25, 0.3) is 0 Å². The average Bonchev–Trinajstić information content (AvgIpc) is 2.60. The second kappa shape index (κ2) is 5.81. The quantitative estimate of drug-likeness (QED) is 0.883. The largest absolute Gasteiger partial charge is 0.312 e. The highest BCUT2D eigenvalue weighted by atomic mass is 19.1. The van der Waals surface area contributed by atoms with Crippen LogP contribution in [-0.4, -0.2) is 30.6 Å². The number of nitrogens with one attached hydrogen (secondary N) is 1. The van der Waals surface area contributed by atoms with Crippen LogP contribution in [-0.2, 0) is 6.54 Å². The van der Waals surface area contributed by atoms with E-state index in [0.29, 0.717) is 24.5 Å². The third-order valence-corrected chi connectivity index (χ3v) is 4.34. The van der Waals surface area contributed by atoms with Crippen molar-refractivity contribution in [1.82, 2.24) is 10.2 Å². The van der Waals surface area contributed by atoms with E-state index in [-0.39, 0.29) is 5.82 Å². The molecule has 0 saturated carbocycles. The predicted octanol–water partition coefficient (Wildman–Crippen LogP) is 2.64. The maximum Gasteiger partial charge on any atom is 0.127 e. The van der Waals surface area contributed by atoms with Gasteiger partial charge in [0.1, 0.15) is 5.82 Å². The molecule has 0 amide bonds. The number of likely N-dealkylation sites (tertiary alicyclic amines) is 1. The third-order valence-electron chi connectivity index (χ3n) is 4.34. The van der Waals surface area contributed by atoms with Gasteiger partial charge in [0.05, 0.1) is 0 Å². The summed E-state index contributed by atoms with van der Waals surface area (Å²) in [7, 11) is 2.19. The summed E-state index contributed by atoms with van der Waals surface area (Å²) in [5.74, 6) is 0.548. The summed E-state index contributed by atoms with van der Waals surface area (Å²) in [6.45, 7) is 6.13. The maximum atomic E-state index is 13.4. The fraction of sp³-hybridized carbons (Fsp3) is 0.600. The van der Waals surface area contributed by atoms with Gasteiger partial charge in [-0.15, -0.1) is 0 Å². The second-order valence-electron chi connectivity index (χ2n) is 5.47. The molecule has 100 valence electrons. The zero-order valence-corrected chi connectivity index (χ0v) is 11.5. The van der Waals surface area contributed by atoms with Gasteiger partial charge in [0.2, 0.25) is 0 Å². The van der Waals surface area contributed by atoms with Crippen LogP contribution in [0.5, 0.6) is 0 Å². The molecule has 1 saturated heterocycles. The Morgan fingerprint density at radius 2 is 2.06 bits per heavy atom. The molecule has 18 heavy (non-hydrogen) atoms. The van der Waals surface area contributed by atoms with E-state index in [1.165, 1.54) is 12.5 Å². The lowest BCUT2D eigenvalue weighted by molar-refractivity contribution is 0.247. The van der Waals surface area contributed by atoms with E-state index in [0.717, 1.165) is 12.1 Å². The molecule has 1 aromatic carbocycles. The molecule has 2 unspecified atom stereocenters. The molecule has 1 aromatic rings. The minimum Gasteiger partial charge on any atom is -0.312 e. The van der Waals surface area contributed by atoms with Gasteiger partial charge in [-0.3, -0.25) is 0 Å². The van der Waals surface area contributed by atoms with Gasteiger partial charge >= 0.3 is 0 Å². The van der Waals surface area contributed by atoms with Crippen LogP contribution in [0.25, 0.3) is 0 Å². The summed E-state index contributed by atoms with van der Waals surface area (Å²) < 4.78 is 13.4. The Balaban J connectivity index is 1.81. The summed E-state index contributed by atoms with van der Waals surface area (Å²) in [4.78, 5) is 2.43. The van der Waals surface area contributed by atoms with Gasteiger partial charge in [-0.2, -0.15) is 0 Å². The first kappa shape index (κ1) is 13.5. The van der Waals surface area contributed by atoms with Gasteiger partial charge in [0.15, 0.2) is 0 Å². The molecule has 0 aliphatic carbocycles. The smallest absolute Gasteiger partial charge is 0.127 e. The van der Waals surface area contributed by atoms with Crippen molar-refractivity contribution in [3.05, 3.63) is 35.6 Å².